The quantitative estimate of drug-likeness (QED) is 0.915. The van der Waals surface area contributed by atoms with Gasteiger partial charge < -0.3 is 10.2 Å². The van der Waals surface area contributed by atoms with Crippen LogP contribution in [0.5, 0.6) is 0 Å². The van der Waals surface area contributed by atoms with Gasteiger partial charge in [-0.15, -0.1) is 0 Å². The number of nitrogens with zero attached hydrogens (tertiary/aromatic N) is 3. The first-order chi connectivity index (χ1) is 10.4. The lowest BCUT2D eigenvalue weighted by Gasteiger charge is -2.26. The Kier molecular flexibility index (Phi) is 4.66. The molecule has 1 fully saturated rings. The van der Waals surface area contributed by atoms with Crippen molar-refractivity contribution < 1.29 is 0 Å². The topological polar surface area (TPSA) is 41.1 Å². The van der Waals surface area contributed by atoms with Gasteiger partial charge in [0.05, 0.1) is 0 Å². The predicted octanol–water partition coefficient (Wildman–Crippen LogP) is 3.12. The van der Waals surface area contributed by atoms with Crippen molar-refractivity contribution in [2.45, 2.75) is 25.7 Å². The number of benzene rings is 1. The third kappa shape index (κ3) is 3.94. The van der Waals surface area contributed by atoms with Crippen molar-refractivity contribution in [1.29, 1.82) is 0 Å². The van der Waals surface area contributed by atoms with Crippen LogP contribution >= 0.6 is 0 Å². The maximum absolute atomic E-state index is 4.63. The second kappa shape index (κ2) is 7.07. The minimum atomic E-state index is 0.861. The lowest BCUT2D eigenvalue weighted by atomic mass is 10.1. The highest BCUT2D eigenvalue weighted by Crippen LogP contribution is 2.16. The molecule has 1 saturated heterocycles. The molecule has 0 unspecified atom stereocenters. The molecule has 0 bridgehead atoms. The van der Waals surface area contributed by atoms with Gasteiger partial charge in [0.25, 0.3) is 0 Å². The highest BCUT2D eigenvalue weighted by molar-refractivity contribution is 5.41. The van der Waals surface area contributed by atoms with Gasteiger partial charge in [-0.05, 0) is 37.3 Å². The fourth-order valence-electron chi connectivity index (χ4n) is 2.67. The molecule has 4 heteroatoms. The predicted molar refractivity (Wildman–Crippen MR) is 86.7 cm³/mol. The Morgan fingerprint density at radius 1 is 1.00 bits per heavy atom. The molecule has 1 aliphatic rings. The summed E-state index contributed by atoms with van der Waals surface area (Å²) in [5.74, 6) is 1.78. The van der Waals surface area contributed by atoms with Crippen LogP contribution < -0.4 is 10.2 Å². The lowest BCUT2D eigenvalue weighted by molar-refractivity contribution is 0.568. The van der Waals surface area contributed by atoms with E-state index in [1.165, 1.54) is 24.8 Å². The van der Waals surface area contributed by atoms with Gasteiger partial charge in [-0.25, -0.2) is 4.98 Å². The van der Waals surface area contributed by atoms with Gasteiger partial charge in [0.1, 0.15) is 5.82 Å². The van der Waals surface area contributed by atoms with E-state index in [2.05, 4.69) is 44.5 Å². The summed E-state index contributed by atoms with van der Waals surface area (Å²) in [4.78, 5) is 11.3. The molecular formula is C17H22N4. The van der Waals surface area contributed by atoms with Gasteiger partial charge in [0.15, 0.2) is 0 Å². The minimum Gasteiger partial charge on any atom is -0.370 e. The van der Waals surface area contributed by atoms with Crippen molar-refractivity contribution in [3.8, 4) is 0 Å². The Bertz CT molecular complexity index is 550. The van der Waals surface area contributed by atoms with Crippen LogP contribution in [0.3, 0.4) is 0 Å². The maximum atomic E-state index is 4.63. The molecule has 3 rings (SSSR count). The van der Waals surface area contributed by atoms with Crippen molar-refractivity contribution in [3.63, 3.8) is 0 Å². The van der Waals surface area contributed by atoms with E-state index in [-0.39, 0.29) is 0 Å². The van der Waals surface area contributed by atoms with E-state index < -0.39 is 0 Å². The Morgan fingerprint density at radius 2 is 1.81 bits per heavy atom. The van der Waals surface area contributed by atoms with E-state index in [0.717, 1.165) is 37.8 Å². The number of anilines is 2. The van der Waals surface area contributed by atoms with E-state index in [4.69, 9.17) is 0 Å². The zero-order valence-electron chi connectivity index (χ0n) is 12.3. The van der Waals surface area contributed by atoms with Crippen LogP contribution in [0.15, 0.2) is 42.6 Å². The van der Waals surface area contributed by atoms with Crippen molar-refractivity contribution in [2.75, 3.05) is 29.9 Å². The smallest absolute Gasteiger partial charge is 0.227 e. The van der Waals surface area contributed by atoms with E-state index in [1.807, 2.05) is 18.3 Å². The normalized spacial score (nSPS) is 15.0. The summed E-state index contributed by atoms with van der Waals surface area (Å²) >= 11 is 0. The molecule has 0 aliphatic carbocycles. The monoisotopic (exact) mass is 282 g/mol. The van der Waals surface area contributed by atoms with Crippen LogP contribution in [0, 0.1) is 0 Å². The Labute approximate surface area is 126 Å². The third-order valence-corrected chi connectivity index (χ3v) is 3.84. The summed E-state index contributed by atoms with van der Waals surface area (Å²) in [6, 6.07) is 12.5. The van der Waals surface area contributed by atoms with E-state index in [9.17, 15) is 0 Å². The second-order valence-electron chi connectivity index (χ2n) is 5.45. The summed E-state index contributed by atoms with van der Waals surface area (Å²) in [7, 11) is 0. The molecule has 2 heterocycles. The number of nitrogens with one attached hydrogen (secondary N) is 1. The molecule has 0 amide bonds. The van der Waals surface area contributed by atoms with Crippen molar-refractivity contribution in [2.24, 2.45) is 0 Å². The Hall–Kier alpha value is -2.10. The van der Waals surface area contributed by atoms with Gasteiger partial charge in [0.2, 0.25) is 5.95 Å². The molecule has 0 radical (unpaired) electrons. The van der Waals surface area contributed by atoms with Crippen LogP contribution in [0.1, 0.15) is 24.8 Å². The molecule has 1 aromatic carbocycles. The van der Waals surface area contributed by atoms with E-state index in [1.54, 1.807) is 0 Å². The van der Waals surface area contributed by atoms with Crippen molar-refractivity contribution in [3.05, 3.63) is 48.2 Å². The molecule has 2 aromatic rings. The van der Waals surface area contributed by atoms with Gasteiger partial charge in [-0.2, -0.15) is 4.98 Å². The van der Waals surface area contributed by atoms with Crippen LogP contribution in [-0.4, -0.2) is 29.6 Å². The fraction of sp³-hybridized carbons (Fsp3) is 0.412. The Balaban J connectivity index is 1.55. The molecule has 0 saturated carbocycles. The number of rotatable bonds is 5. The highest BCUT2D eigenvalue weighted by atomic mass is 15.3. The lowest BCUT2D eigenvalue weighted by Crippen LogP contribution is -2.31. The highest BCUT2D eigenvalue weighted by Gasteiger charge is 2.13. The number of hydrogen-bond donors (Lipinski definition) is 1. The van der Waals surface area contributed by atoms with Crippen LogP contribution in [0.4, 0.5) is 11.8 Å². The molecule has 110 valence electrons. The molecular weight excluding hydrogens is 260 g/mol. The summed E-state index contributed by atoms with van der Waals surface area (Å²) in [6.45, 7) is 3.04. The first-order valence-electron chi connectivity index (χ1n) is 7.77. The molecule has 1 N–H and O–H groups in total. The minimum absolute atomic E-state index is 0.861. The van der Waals surface area contributed by atoms with Crippen LogP contribution in [0.25, 0.3) is 0 Å². The number of aromatic nitrogens is 2. The first kappa shape index (κ1) is 13.9. The molecule has 21 heavy (non-hydrogen) atoms. The first-order valence-corrected chi connectivity index (χ1v) is 7.77. The summed E-state index contributed by atoms with van der Waals surface area (Å²) in [5.41, 5.74) is 1.34. The Morgan fingerprint density at radius 3 is 2.62 bits per heavy atom. The van der Waals surface area contributed by atoms with Gasteiger partial charge in [0, 0.05) is 25.8 Å². The second-order valence-corrected chi connectivity index (χ2v) is 5.45. The van der Waals surface area contributed by atoms with E-state index in [0.29, 0.717) is 0 Å². The zero-order chi connectivity index (χ0) is 14.3. The standard InChI is InChI=1S/C17H22N4/c1-3-7-15(8-4-1)9-11-18-16-10-12-19-17(20-16)21-13-5-2-6-14-21/h1,3-4,7-8,10,12H,2,5-6,9,11,13-14H2,(H,18,19,20). The number of hydrogen-bond acceptors (Lipinski definition) is 4. The summed E-state index contributed by atoms with van der Waals surface area (Å²) in [6.07, 6.45) is 6.67. The van der Waals surface area contributed by atoms with Crippen molar-refractivity contribution >= 4 is 11.8 Å². The molecule has 1 aromatic heterocycles. The van der Waals surface area contributed by atoms with Gasteiger partial charge in [-0.3, -0.25) is 0 Å². The molecule has 0 atom stereocenters. The SMILES string of the molecule is c1ccc(CCNc2ccnc(N3CCCCC3)n2)cc1. The molecule has 0 spiro atoms. The van der Waals surface area contributed by atoms with Crippen molar-refractivity contribution in [1.82, 2.24) is 9.97 Å². The largest absolute Gasteiger partial charge is 0.370 e. The molecule has 4 nitrogen and oxygen atoms in total. The average Bonchev–Trinajstić information content (AvgIpc) is 2.57. The summed E-state index contributed by atoms with van der Waals surface area (Å²) < 4.78 is 0. The fourth-order valence-corrected chi connectivity index (χ4v) is 2.67. The summed E-state index contributed by atoms with van der Waals surface area (Å²) in [5, 5.41) is 3.39. The maximum Gasteiger partial charge on any atom is 0.227 e. The number of piperidine rings is 1. The van der Waals surface area contributed by atoms with Gasteiger partial charge >= 0.3 is 0 Å². The van der Waals surface area contributed by atoms with Gasteiger partial charge in [-0.1, -0.05) is 30.3 Å². The third-order valence-electron chi connectivity index (χ3n) is 3.84. The average molecular weight is 282 g/mol. The molecule has 1 aliphatic heterocycles. The zero-order valence-corrected chi connectivity index (χ0v) is 12.3. The van der Waals surface area contributed by atoms with Crippen LogP contribution in [-0.2, 0) is 6.42 Å². The van der Waals surface area contributed by atoms with Crippen LogP contribution in [0.2, 0.25) is 0 Å². The van der Waals surface area contributed by atoms with E-state index >= 15 is 0 Å².